The van der Waals surface area contributed by atoms with Gasteiger partial charge in [0.05, 0.1) is 0 Å². The molecule has 0 saturated heterocycles. The fourth-order valence-electron chi connectivity index (χ4n) is 1.12. The minimum absolute atomic E-state index is 0.0981. The van der Waals surface area contributed by atoms with E-state index < -0.39 is 0 Å². The molecule has 0 amide bonds. The molecule has 0 aliphatic carbocycles. The van der Waals surface area contributed by atoms with Crippen LogP contribution in [0.1, 0.15) is 0 Å². The first kappa shape index (κ1) is 9.20. The molecular formula is C9H10N6. The highest BCUT2D eigenvalue weighted by molar-refractivity contribution is 5.54. The van der Waals surface area contributed by atoms with Gasteiger partial charge in [0.15, 0.2) is 0 Å². The summed E-state index contributed by atoms with van der Waals surface area (Å²) in [7, 11) is 0. The third-order valence-corrected chi connectivity index (χ3v) is 1.70. The van der Waals surface area contributed by atoms with Gasteiger partial charge in [-0.05, 0) is 12.1 Å². The molecular weight excluding hydrogens is 198 g/mol. The van der Waals surface area contributed by atoms with Gasteiger partial charge in [-0.1, -0.05) is 18.2 Å². The minimum atomic E-state index is 0.0981. The Balaban J connectivity index is 2.25. The van der Waals surface area contributed by atoms with E-state index in [2.05, 4.69) is 20.3 Å². The zero-order valence-electron chi connectivity index (χ0n) is 7.88. The lowest BCUT2D eigenvalue weighted by Crippen LogP contribution is -2.06. The first-order valence-corrected chi connectivity index (χ1v) is 4.33. The zero-order chi connectivity index (χ0) is 10.7. The van der Waals surface area contributed by atoms with Crippen molar-refractivity contribution in [2.24, 2.45) is 0 Å². The quantitative estimate of drug-likeness (QED) is 0.673. The molecule has 0 radical (unpaired) electrons. The summed E-state index contributed by atoms with van der Waals surface area (Å²) in [6, 6.07) is 9.49. The number of nitrogen functional groups attached to an aromatic ring is 2. The van der Waals surface area contributed by atoms with Gasteiger partial charge in [-0.3, -0.25) is 0 Å². The molecule has 15 heavy (non-hydrogen) atoms. The van der Waals surface area contributed by atoms with Crippen LogP contribution in [0, 0.1) is 0 Å². The Morgan fingerprint density at radius 1 is 0.867 bits per heavy atom. The van der Waals surface area contributed by atoms with Crippen LogP contribution in [0.25, 0.3) is 0 Å². The molecule has 0 saturated carbocycles. The Kier molecular flexibility index (Phi) is 2.32. The van der Waals surface area contributed by atoms with Gasteiger partial charge in [0.2, 0.25) is 17.8 Å². The largest absolute Gasteiger partial charge is 0.368 e. The second-order valence-corrected chi connectivity index (χ2v) is 2.87. The number of nitrogens with zero attached hydrogens (tertiary/aromatic N) is 3. The van der Waals surface area contributed by atoms with Crippen molar-refractivity contribution in [1.29, 1.82) is 0 Å². The molecule has 2 rings (SSSR count). The minimum Gasteiger partial charge on any atom is -0.368 e. The first-order valence-electron chi connectivity index (χ1n) is 4.33. The van der Waals surface area contributed by atoms with Crippen LogP contribution in [0.5, 0.6) is 0 Å². The average molecular weight is 208 g/mol. The summed E-state index contributed by atoms with van der Waals surface area (Å²) < 4.78 is 0. The molecule has 1 aromatic carbocycles. The van der Waals surface area contributed by atoms with Gasteiger partial charge in [-0.15, -0.1) is 0 Å². The SMILES string of the molecule is Nc1nc(N)nc(N[13c]2[13cH][13cH][13cH][13cH][13cH]2)n1. The van der Waals surface area contributed by atoms with Crippen molar-refractivity contribution in [1.82, 2.24) is 15.0 Å². The van der Waals surface area contributed by atoms with Crippen LogP contribution in [0.4, 0.5) is 23.5 Å². The van der Waals surface area contributed by atoms with Crippen LogP contribution >= 0.6 is 0 Å². The number of nitrogens with two attached hydrogens (primary N) is 2. The van der Waals surface area contributed by atoms with Crippen molar-refractivity contribution in [3.8, 4) is 0 Å². The van der Waals surface area contributed by atoms with E-state index in [-0.39, 0.29) is 11.9 Å². The Labute approximate surface area is 86.4 Å². The lowest BCUT2D eigenvalue weighted by Gasteiger charge is -2.04. The molecule has 6 heteroatoms. The Hall–Kier alpha value is -2.37. The fraction of sp³-hybridized carbons (Fsp3) is 0. The van der Waals surface area contributed by atoms with E-state index in [1.165, 1.54) is 0 Å². The van der Waals surface area contributed by atoms with Gasteiger partial charge < -0.3 is 16.8 Å². The maximum Gasteiger partial charge on any atom is 0.233 e. The number of benzene rings is 1. The van der Waals surface area contributed by atoms with Gasteiger partial charge >= 0.3 is 0 Å². The molecule has 0 fully saturated rings. The lowest BCUT2D eigenvalue weighted by atomic mass is 10.8. The van der Waals surface area contributed by atoms with Gasteiger partial charge in [-0.2, -0.15) is 15.0 Å². The van der Waals surface area contributed by atoms with Gasteiger partial charge in [0.25, 0.3) is 0 Å². The van der Waals surface area contributed by atoms with Crippen molar-refractivity contribution in [3.63, 3.8) is 0 Å². The zero-order valence-corrected chi connectivity index (χ0v) is 7.88. The van der Waals surface area contributed by atoms with Crippen LogP contribution in [0.15, 0.2) is 30.3 Å². The van der Waals surface area contributed by atoms with Gasteiger partial charge in [0, 0.05) is 5.69 Å². The van der Waals surface area contributed by atoms with Crippen molar-refractivity contribution in [2.75, 3.05) is 16.8 Å². The second-order valence-electron chi connectivity index (χ2n) is 2.87. The van der Waals surface area contributed by atoms with Crippen molar-refractivity contribution in [2.45, 2.75) is 0 Å². The Bertz CT molecular complexity index is 435. The van der Waals surface area contributed by atoms with Crippen molar-refractivity contribution in [3.05, 3.63) is 30.3 Å². The Morgan fingerprint density at radius 3 is 2.07 bits per heavy atom. The van der Waals surface area contributed by atoms with Crippen molar-refractivity contribution < 1.29 is 0 Å². The molecule has 1 aromatic heterocycles. The van der Waals surface area contributed by atoms with Crippen LogP contribution in [-0.4, -0.2) is 15.0 Å². The third kappa shape index (κ3) is 2.31. The molecule has 0 atom stereocenters. The number of para-hydroxylation sites is 1. The number of hydrogen-bond donors (Lipinski definition) is 3. The molecule has 0 aliphatic rings. The summed E-state index contributed by atoms with van der Waals surface area (Å²) >= 11 is 0. The van der Waals surface area contributed by atoms with Crippen LogP contribution in [0.2, 0.25) is 0 Å². The smallest absolute Gasteiger partial charge is 0.233 e. The highest BCUT2D eigenvalue weighted by atomic mass is 15.3. The molecule has 2 aromatic rings. The summed E-state index contributed by atoms with van der Waals surface area (Å²) in [6.07, 6.45) is 0. The van der Waals surface area contributed by atoms with E-state index in [9.17, 15) is 0 Å². The van der Waals surface area contributed by atoms with Crippen LogP contribution in [0.3, 0.4) is 0 Å². The molecule has 1 heterocycles. The highest BCUT2D eigenvalue weighted by Crippen LogP contribution is 2.12. The van der Waals surface area contributed by atoms with Crippen LogP contribution in [-0.2, 0) is 0 Å². The van der Waals surface area contributed by atoms with E-state index in [0.29, 0.717) is 5.95 Å². The summed E-state index contributed by atoms with van der Waals surface area (Å²) in [5.74, 6) is 0.535. The van der Waals surface area contributed by atoms with E-state index in [1.807, 2.05) is 30.3 Å². The molecule has 0 spiro atoms. The van der Waals surface area contributed by atoms with Crippen LogP contribution < -0.4 is 16.8 Å². The lowest BCUT2D eigenvalue weighted by molar-refractivity contribution is 1.08. The standard InChI is InChI=1S/C9H10N6/c10-7-13-8(11)15-9(14-7)12-6-4-2-1-3-5-6/h1-5H,(H5,10,11,12,13,14,15)/i1+1,2+1,3+1,4+1,5+1,6+1. The number of nitrogens with one attached hydrogen (secondary N) is 1. The average Bonchev–Trinajstić information content (AvgIpc) is 2.17. The van der Waals surface area contributed by atoms with Crippen molar-refractivity contribution >= 4 is 23.5 Å². The van der Waals surface area contributed by atoms with E-state index in [0.717, 1.165) is 5.69 Å². The van der Waals surface area contributed by atoms with Gasteiger partial charge in [0.1, 0.15) is 0 Å². The monoisotopic (exact) mass is 208 g/mol. The first-order chi connectivity index (χ1) is 7.24. The maximum absolute atomic E-state index is 5.43. The van der Waals surface area contributed by atoms with E-state index in [1.54, 1.807) is 0 Å². The summed E-state index contributed by atoms with van der Waals surface area (Å²) in [5, 5.41) is 2.96. The van der Waals surface area contributed by atoms with Gasteiger partial charge in [-0.25, -0.2) is 0 Å². The number of hydrogen-bond acceptors (Lipinski definition) is 6. The molecule has 5 N–H and O–H groups in total. The molecule has 0 unspecified atom stereocenters. The summed E-state index contributed by atoms with van der Waals surface area (Å²) in [5.41, 5.74) is 11.7. The topological polar surface area (TPSA) is 103 Å². The molecule has 0 aliphatic heterocycles. The second kappa shape index (κ2) is 3.79. The molecule has 6 nitrogen and oxygen atoms in total. The molecule has 0 bridgehead atoms. The number of rotatable bonds is 2. The van der Waals surface area contributed by atoms with E-state index in [4.69, 9.17) is 11.5 Å². The highest BCUT2D eigenvalue weighted by Gasteiger charge is 2.01. The predicted octanol–water partition coefficient (Wildman–Crippen LogP) is 0.780. The summed E-state index contributed by atoms with van der Waals surface area (Å²) in [6.45, 7) is 0. The van der Waals surface area contributed by atoms with E-state index >= 15 is 0 Å². The predicted molar refractivity (Wildman–Crippen MR) is 58.4 cm³/mol. The Morgan fingerprint density at radius 2 is 1.47 bits per heavy atom. The molecule has 76 valence electrons. The normalized spacial score (nSPS) is 9.87. The number of anilines is 4. The maximum atomic E-state index is 5.43. The summed E-state index contributed by atoms with van der Waals surface area (Å²) in [4.78, 5) is 11.5. The fourth-order valence-corrected chi connectivity index (χ4v) is 1.12. The number of aromatic nitrogens is 3. The third-order valence-electron chi connectivity index (χ3n) is 1.70.